The molecule has 0 saturated carbocycles. The largest absolute Gasteiger partial charge is 0.480 e. The molecule has 116 valence electrons. The Morgan fingerprint density at radius 2 is 2.10 bits per heavy atom. The van der Waals surface area contributed by atoms with Gasteiger partial charge in [-0.1, -0.05) is 13.8 Å². The molecule has 9 nitrogen and oxygen atoms in total. The highest BCUT2D eigenvalue weighted by Crippen LogP contribution is 2.14. The molecule has 1 heterocycles. The second-order valence-electron chi connectivity index (χ2n) is 4.75. The van der Waals surface area contributed by atoms with Crippen molar-refractivity contribution in [1.29, 1.82) is 0 Å². The lowest BCUT2D eigenvalue weighted by molar-refractivity contribution is -0.389. The first-order chi connectivity index (χ1) is 9.63. The van der Waals surface area contributed by atoms with Crippen LogP contribution in [0, 0.1) is 16.0 Å². The van der Waals surface area contributed by atoms with Crippen LogP contribution in [0.1, 0.15) is 20.3 Å². The van der Waals surface area contributed by atoms with Crippen molar-refractivity contribution in [2.24, 2.45) is 5.92 Å². The van der Waals surface area contributed by atoms with Gasteiger partial charge in [0.05, 0.1) is 0 Å². The van der Waals surface area contributed by atoms with Gasteiger partial charge in [0, 0.05) is 6.07 Å². The molecule has 0 fully saturated rings. The summed E-state index contributed by atoms with van der Waals surface area (Å²) < 4.78 is 26.1. The fourth-order valence-corrected chi connectivity index (χ4v) is 2.71. The smallest absolute Gasteiger partial charge is 0.363 e. The zero-order valence-corrected chi connectivity index (χ0v) is 12.2. The highest BCUT2D eigenvalue weighted by atomic mass is 32.2. The topological polar surface area (TPSA) is 140 Å². The van der Waals surface area contributed by atoms with Crippen LogP contribution >= 0.6 is 0 Å². The molecule has 1 aromatic rings. The van der Waals surface area contributed by atoms with Crippen molar-refractivity contribution >= 4 is 21.8 Å². The number of pyridine rings is 1. The first-order valence-electron chi connectivity index (χ1n) is 5.99. The van der Waals surface area contributed by atoms with E-state index in [1.54, 1.807) is 13.8 Å². The minimum Gasteiger partial charge on any atom is -0.480 e. The highest BCUT2D eigenvalue weighted by molar-refractivity contribution is 7.89. The Balaban J connectivity index is 2.98. The van der Waals surface area contributed by atoms with Crippen molar-refractivity contribution in [2.75, 3.05) is 0 Å². The third-order valence-electron chi connectivity index (χ3n) is 2.52. The summed E-state index contributed by atoms with van der Waals surface area (Å²) in [6, 6.07) is 0.666. The third kappa shape index (κ3) is 4.76. The molecule has 2 N–H and O–H groups in total. The molecule has 10 heteroatoms. The summed E-state index contributed by atoms with van der Waals surface area (Å²) in [5.74, 6) is -1.81. The lowest BCUT2D eigenvalue weighted by Gasteiger charge is -2.16. The predicted molar refractivity (Wildman–Crippen MR) is 72.1 cm³/mol. The van der Waals surface area contributed by atoms with E-state index in [0.717, 1.165) is 18.3 Å². The van der Waals surface area contributed by atoms with E-state index in [1.165, 1.54) is 0 Å². The van der Waals surface area contributed by atoms with E-state index in [9.17, 15) is 23.3 Å². The van der Waals surface area contributed by atoms with Crippen LogP contribution in [0.3, 0.4) is 0 Å². The summed E-state index contributed by atoms with van der Waals surface area (Å²) in [5, 5.41) is 19.5. The number of nitro groups is 1. The summed E-state index contributed by atoms with van der Waals surface area (Å²) >= 11 is 0. The van der Waals surface area contributed by atoms with Crippen molar-refractivity contribution in [3.63, 3.8) is 0 Å². The van der Waals surface area contributed by atoms with Gasteiger partial charge in [-0.15, -0.1) is 0 Å². The number of aliphatic carboxylic acids is 1. The Bertz CT molecular complexity index is 626. The number of hydrogen-bond acceptors (Lipinski definition) is 6. The van der Waals surface area contributed by atoms with E-state index in [0.29, 0.717) is 0 Å². The summed E-state index contributed by atoms with van der Waals surface area (Å²) in [4.78, 5) is 23.8. The molecule has 0 aliphatic rings. The Hall–Kier alpha value is -2.07. The molecule has 0 amide bonds. The van der Waals surface area contributed by atoms with E-state index >= 15 is 0 Å². The van der Waals surface area contributed by atoms with Crippen LogP contribution in [0.2, 0.25) is 0 Å². The van der Waals surface area contributed by atoms with Gasteiger partial charge in [-0.05, 0) is 28.3 Å². The number of carboxylic acids is 1. The number of sulfonamides is 1. The minimum absolute atomic E-state index is 0.0243. The molecule has 0 unspecified atom stereocenters. The highest BCUT2D eigenvalue weighted by Gasteiger charge is 2.27. The predicted octanol–water partition coefficient (Wildman–Crippen LogP) is 0.767. The molecule has 0 radical (unpaired) electrons. The molecule has 0 aliphatic heterocycles. The SMILES string of the molecule is CC(C)C[C@@H](NS(=O)(=O)c1ccc([N+](=O)[O-])nc1)C(=O)O. The van der Waals surface area contributed by atoms with E-state index < -0.39 is 32.8 Å². The fraction of sp³-hybridized carbons (Fsp3) is 0.455. The molecule has 1 rings (SSSR count). The van der Waals surface area contributed by atoms with Crippen molar-refractivity contribution in [3.8, 4) is 0 Å². The van der Waals surface area contributed by atoms with Crippen LogP contribution in [0.25, 0.3) is 0 Å². The minimum atomic E-state index is -4.11. The van der Waals surface area contributed by atoms with Gasteiger partial charge >= 0.3 is 11.8 Å². The zero-order chi connectivity index (χ0) is 16.2. The Morgan fingerprint density at radius 3 is 2.48 bits per heavy atom. The van der Waals surface area contributed by atoms with E-state index in [2.05, 4.69) is 9.71 Å². The molecule has 0 saturated heterocycles. The summed E-state index contributed by atoms with van der Waals surface area (Å²) in [5.41, 5.74) is 0. The van der Waals surface area contributed by atoms with Crippen molar-refractivity contribution < 1.29 is 23.2 Å². The third-order valence-corrected chi connectivity index (χ3v) is 3.98. The molecule has 1 aromatic heterocycles. The second kappa shape index (κ2) is 6.59. The van der Waals surface area contributed by atoms with Gasteiger partial charge in [-0.25, -0.2) is 8.42 Å². The summed E-state index contributed by atoms with van der Waals surface area (Å²) in [6.07, 6.45) is 0.934. The first-order valence-corrected chi connectivity index (χ1v) is 7.47. The molecule has 0 aromatic carbocycles. The quantitative estimate of drug-likeness (QED) is 0.559. The summed E-state index contributed by atoms with van der Waals surface area (Å²) in [6.45, 7) is 3.52. The van der Waals surface area contributed by atoms with E-state index in [-0.39, 0.29) is 17.2 Å². The zero-order valence-electron chi connectivity index (χ0n) is 11.4. The lowest BCUT2D eigenvalue weighted by atomic mass is 10.1. The molecular weight excluding hydrogens is 302 g/mol. The maximum absolute atomic E-state index is 12.0. The Kier molecular flexibility index (Phi) is 5.33. The average Bonchev–Trinajstić information content (AvgIpc) is 2.37. The Labute approximate surface area is 121 Å². The Morgan fingerprint density at radius 1 is 1.48 bits per heavy atom. The fourth-order valence-electron chi connectivity index (χ4n) is 1.57. The molecule has 0 aliphatic carbocycles. The van der Waals surface area contributed by atoms with Gasteiger partial charge < -0.3 is 15.2 Å². The standard InChI is InChI=1S/C11H15N3O6S/c1-7(2)5-9(11(15)16)13-21(19,20)8-3-4-10(12-6-8)14(17)18/h3-4,6-7,9,13H,5H2,1-2H3,(H,15,16)/t9-/m1/s1. The van der Waals surface area contributed by atoms with Crippen LogP contribution < -0.4 is 4.72 Å². The monoisotopic (exact) mass is 317 g/mol. The van der Waals surface area contributed by atoms with Gasteiger partial charge in [0.2, 0.25) is 10.0 Å². The lowest BCUT2D eigenvalue weighted by Crippen LogP contribution is -2.41. The average molecular weight is 317 g/mol. The number of nitrogens with zero attached hydrogens (tertiary/aromatic N) is 2. The van der Waals surface area contributed by atoms with Crippen LogP contribution in [0.4, 0.5) is 5.82 Å². The van der Waals surface area contributed by atoms with Crippen LogP contribution in [-0.2, 0) is 14.8 Å². The number of carbonyl (C=O) groups is 1. The van der Waals surface area contributed by atoms with Crippen LogP contribution in [-0.4, -0.2) is 35.4 Å². The molecule has 0 spiro atoms. The van der Waals surface area contributed by atoms with E-state index in [1.807, 2.05) is 0 Å². The van der Waals surface area contributed by atoms with Crippen LogP contribution in [0.15, 0.2) is 23.2 Å². The molecule has 1 atom stereocenters. The maximum atomic E-state index is 12.0. The van der Waals surface area contributed by atoms with Crippen LogP contribution in [0.5, 0.6) is 0 Å². The van der Waals surface area contributed by atoms with Crippen molar-refractivity contribution in [3.05, 3.63) is 28.4 Å². The molecule has 0 bridgehead atoms. The number of nitrogens with one attached hydrogen (secondary N) is 1. The number of hydrogen-bond donors (Lipinski definition) is 2. The first kappa shape index (κ1) is 17.0. The number of aromatic nitrogens is 1. The second-order valence-corrected chi connectivity index (χ2v) is 6.46. The van der Waals surface area contributed by atoms with Gasteiger partial charge in [0.25, 0.3) is 0 Å². The van der Waals surface area contributed by atoms with Gasteiger partial charge in [0.15, 0.2) is 6.20 Å². The van der Waals surface area contributed by atoms with Crippen molar-refractivity contribution in [1.82, 2.24) is 9.71 Å². The molecular formula is C11H15N3O6S. The molecule has 21 heavy (non-hydrogen) atoms. The van der Waals surface area contributed by atoms with Crippen molar-refractivity contribution in [2.45, 2.75) is 31.2 Å². The van der Waals surface area contributed by atoms with Gasteiger partial charge in [-0.3, -0.25) is 4.79 Å². The van der Waals surface area contributed by atoms with Gasteiger partial charge in [-0.2, -0.15) is 4.72 Å². The van der Waals surface area contributed by atoms with E-state index in [4.69, 9.17) is 5.11 Å². The summed E-state index contributed by atoms with van der Waals surface area (Å²) in [7, 11) is -4.11. The number of rotatable bonds is 7. The number of carboxylic acid groups (broad SMARTS) is 1. The maximum Gasteiger partial charge on any atom is 0.363 e. The normalized spacial score (nSPS) is 13.1. The van der Waals surface area contributed by atoms with Gasteiger partial charge in [0.1, 0.15) is 10.9 Å².